The molecule has 1 aromatic carbocycles. The van der Waals surface area contributed by atoms with Gasteiger partial charge in [-0.05, 0) is 48.6 Å². The van der Waals surface area contributed by atoms with Crippen LogP contribution in [-0.2, 0) is 13.1 Å². The number of rotatable bonds is 5. The van der Waals surface area contributed by atoms with E-state index >= 15 is 0 Å². The number of benzene rings is 1. The lowest BCUT2D eigenvalue weighted by atomic mass is 10.1. The van der Waals surface area contributed by atoms with Gasteiger partial charge in [-0.15, -0.1) is 24.0 Å². The van der Waals surface area contributed by atoms with Crippen molar-refractivity contribution in [3.8, 4) is 0 Å². The average molecular weight is 500 g/mol. The number of pyridine rings is 1. The first-order chi connectivity index (χ1) is 12.8. The monoisotopic (exact) mass is 499 g/mol. The smallest absolute Gasteiger partial charge is 0.191 e. The summed E-state index contributed by atoms with van der Waals surface area (Å²) in [4.78, 5) is 11.2. The molecule has 0 saturated carbocycles. The number of halogens is 2. The third-order valence-electron chi connectivity index (χ3n) is 4.58. The first-order valence-electron chi connectivity index (χ1n) is 9.14. The molecule has 0 amide bonds. The molecule has 27 heavy (non-hydrogen) atoms. The molecule has 0 atom stereocenters. The topological polar surface area (TPSA) is 52.6 Å². The molecular weight excluding hydrogens is 473 g/mol. The Balaban J connectivity index is 0.00000261. The summed E-state index contributed by atoms with van der Waals surface area (Å²) in [5.74, 6) is 1.82. The van der Waals surface area contributed by atoms with Gasteiger partial charge < -0.3 is 15.5 Å². The Labute approximate surface area is 183 Å². The fourth-order valence-corrected chi connectivity index (χ4v) is 3.30. The van der Waals surface area contributed by atoms with Gasteiger partial charge in [0.2, 0.25) is 0 Å². The lowest BCUT2D eigenvalue weighted by molar-refractivity contribution is 0.573. The van der Waals surface area contributed by atoms with Crippen LogP contribution in [-0.4, -0.2) is 31.1 Å². The second-order valence-corrected chi connectivity index (χ2v) is 6.85. The standard InChI is InChI=1S/C20H26ClN5.HI/c1-22-20(25-15-17-7-3-4-8-18(17)21)24-14-16-9-10-23-19(13-16)26-11-5-2-6-12-26;/h3-4,7-10,13H,2,5-6,11-12,14-15H2,1H3,(H2,22,24,25);1H. The highest BCUT2D eigenvalue weighted by molar-refractivity contribution is 14.0. The van der Waals surface area contributed by atoms with Crippen molar-refractivity contribution in [2.24, 2.45) is 4.99 Å². The van der Waals surface area contributed by atoms with E-state index in [4.69, 9.17) is 11.6 Å². The van der Waals surface area contributed by atoms with Crippen molar-refractivity contribution in [1.82, 2.24) is 15.6 Å². The van der Waals surface area contributed by atoms with E-state index in [-0.39, 0.29) is 24.0 Å². The fraction of sp³-hybridized carbons (Fsp3) is 0.400. The second kappa shape index (κ2) is 11.3. The Bertz CT molecular complexity index is 747. The van der Waals surface area contributed by atoms with Crippen LogP contribution in [0.4, 0.5) is 5.82 Å². The SMILES string of the molecule is CN=C(NCc1ccnc(N2CCCCC2)c1)NCc1ccccc1Cl.I. The minimum absolute atomic E-state index is 0. The molecule has 1 aliphatic heterocycles. The molecule has 2 aromatic rings. The van der Waals surface area contributed by atoms with E-state index in [0.29, 0.717) is 13.1 Å². The molecule has 1 aromatic heterocycles. The third-order valence-corrected chi connectivity index (χ3v) is 4.95. The van der Waals surface area contributed by atoms with Gasteiger partial charge in [-0.1, -0.05) is 29.8 Å². The minimum atomic E-state index is 0. The molecule has 146 valence electrons. The van der Waals surface area contributed by atoms with Crippen LogP contribution < -0.4 is 15.5 Å². The molecule has 2 heterocycles. The molecule has 1 saturated heterocycles. The van der Waals surface area contributed by atoms with Gasteiger partial charge in [-0.3, -0.25) is 4.99 Å². The lowest BCUT2D eigenvalue weighted by Gasteiger charge is -2.28. The molecule has 1 fully saturated rings. The van der Waals surface area contributed by atoms with E-state index in [0.717, 1.165) is 35.5 Å². The summed E-state index contributed by atoms with van der Waals surface area (Å²) < 4.78 is 0. The van der Waals surface area contributed by atoms with Crippen LogP contribution in [0.3, 0.4) is 0 Å². The summed E-state index contributed by atoms with van der Waals surface area (Å²) in [6, 6.07) is 12.0. The minimum Gasteiger partial charge on any atom is -0.357 e. The number of nitrogens with one attached hydrogen (secondary N) is 2. The predicted molar refractivity (Wildman–Crippen MR) is 124 cm³/mol. The number of aromatic nitrogens is 1. The van der Waals surface area contributed by atoms with Gasteiger partial charge in [0.25, 0.3) is 0 Å². The number of piperidine rings is 1. The van der Waals surface area contributed by atoms with Crippen LogP contribution in [0.5, 0.6) is 0 Å². The zero-order valence-corrected chi connectivity index (χ0v) is 18.7. The maximum Gasteiger partial charge on any atom is 0.191 e. The Hall–Kier alpha value is -1.54. The highest BCUT2D eigenvalue weighted by Crippen LogP contribution is 2.18. The van der Waals surface area contributed by atoms with Crippen molar-refractivity contribution in [3.05, 3.63) is 58.7 Å². The van der Waals surface area contributed by atoms with E-state index in [2.05, 4.69) is 31.6 Å². The van der Waals surface area contributed by atoms with Crippen molar-refractivity contribution < 1.29 is 0 Å². The number of guanidine groups is 1. The first kappa shape index (κ1) is 21.8. The summed E-state index contributed by atoms with van der Waals surface area (Å²) in [5, 5.41) is 7.42. The highest BCUT2D eigenvalue weighted by Gasteiger charge is 2.12. The van der Waals surface area contributed by atoms with E-state index in [1.165, 1.54) is 24.8 Å². The number of hydrogen-bond donors (Lipinski definition) is 2. The molecule has 7 heteroatoms. The van der Waals surface area contributed by atoms with E-state index in [1.807, 2.05) is 36.5 Å². The average Bonchev–Trinajstić information content (AvgIpc) is 2.70. The van der Waals surface area contributed by atoms with Gasteiger partial charge in [-0.2, -0.15) is 0 Å². The molecule has 0 bridgehead atoms. The zero-order chi connectivity index (χ0) is 18.2. The maximum absolute atomic E-state index is 6.20. The molecule has 1 aliphatic rings. The van der Waals surface area contributed by atoms with E-state index in [9.17, 15) is 0 Å². The van der Waals surface area contributed by atoms with Crippen LogP contribution in [0.2, 0.25) is 5.02 Å². The Morgan fingerprint density at radius 2 is 1.85 bits per heavy atom. The summed E-state index contributed by atoms with van der Waals surface area (Å²) in [6.45, 7) is 3.54. The van der Waals surface area contributed by atoms with Crippen molar-refractivity contribution in [2.75, 3.05) is 25.0 Å². The number of anilines is 1. The molecule has 3 rings (SSSR count). The van der Waals surface area contributed by atoms with Gasteiger partial charge in [0.15, 0.2) is 5.96 Å². The quantitative estimate of drug-likeness (QED) is 0.368. The molecular formula is C20H27ClIN5. The van der Waals surface area contributed by atoms with E-state index in [1.54, 1.807) is 7.05 Å². The molecule has 0 aliphatic carbocycles. The fourth-order valence-electron chi connectivity index (χ4n) is 3.09. The maximum atomic E-state index is 6.20. The first-order valence-corrected chi connectivity index (χ1v) is 9.52. The highest BCUT2D eigenvalue weighted by atomic mass is 127. The largest absolute Gasteiger partial charge is 0.357 e. The Morgan fingerprint density at radius 3 is 2.59 bits per heavy atom. The summed E-state index contributed by atoms with van der Waals surface area (Å²) in [6.07, 6.45) is 5.72. The van der Waals surface area contributed by atoms with Gasteiger partial charge >= 0.3 is 0 Å². The zero-order valence-electron chi connectivity index (χ0n) is 15.6. The van der Waals surface area contributed by atoms with Crippen molar-refractivity contribution in [1.29, 1.82) is 0 Å². The number of nitrogens with zero attached hydrogens (tertiary/aromatic N) is 3. The predicted octanol–water partition coefficient (Wildman–Crippen LogP) is 4.21. The van der Waals surface area contributed by atoms with Crippen LogP contribution in [0.15, 0.2) is 47.6 Å². The third kappa shape index (κ3) is 6.53. The second-order valence-electron chi connectivity index (χ2n) is 6.44. The number of aliphatic imine (C=N–C) groups is 1. The van der Waals surface area contributed by atoms with Gasteiger partial charge in [0, 0.05) is 44.4 Å². The summed E-state index contributed by atoms with van der Waals surface area (Å²) >= 11 is 6.20. The molecule has 0 spiro atoms. The summed E-state index contributed by atoms with van der Waals surface area (Å²) in [5.41, 5.74) is 2.25. The van der Waals surface area contributed by atoms with Crippen molar-refractivity contribution in [3.63, 3.8) is 0 Å². The van der Waals surface area contributed by atoms with Crippen LogP contribution >= 0.6 is 35.6 Å². The number of hydrogen-bond acceptors (Lipinski definition) is 3. The van der Waals surface area contributed by atoms with Gasteiger partial charge in [-0.25, -0.2) is 4.98 Å². The van der Waals surface area contributed by atoms with Gasteiger partial charge in [0.05, 0.1) is 0 Å². The molecule has 2 N–H and O–H groups in total. The molecule has 5 nitrogen and oxygen atoms in total. The Kier molecular flexibility index (Phi) is 9.14. The molecule has 0 unspecified atom stereocenters. The normalized spacial score (nSPS) is 14.4. The Morgan fingerprint density at radius 1 is 1.11 bits per heavy atom. The molecule has 0 radical (unpaired) electrons. The van der Waals surface area contributed by atoms with Crippen molar-refractivity contribution in [2.45, 2.75) is 32.4 Å². The van der Waals surface area contributed by atoms with Crippen LogP contribution in [0.1, 0.15) is 30.4 Å². The lowest BCUT2D eigenvalue weighted by Crippen LogP contribution is -2.36. The van der Waals surface area contributed by atoms with Crippen molar-refractivity contribution >= 4 is 47.4 Å². The summed E-state index contributed by atoms with van der Waals surface area (Å²) in [7, 11) is 1.77. The van der Waals surface area contributed by atoms with E-state index < -0.39 is 0 Å². The van der Waals surface area contributed by atoms with Crippen LogP contribution in [0, 0.1) is 0 Å². The van der Waals surface area contributed by atoms with Gasteiger partial charge in [0.1, 0.15) is 5.82 Å². The van der Waals surface area contributed by atoms with Crippen LogP contribution in [0.25, 0.3) is 0 Å².